The SMILES string of the molecule is C=C(C)C(=O)O.C=C(C)C(=O)OC(C)(C)O. The summed E-state index contributed by atoms with van der Waals surface area (Å²) in [7, 11) is 0. The monoisotopic (exact) mass is 230 g/mol. The van der Waals surface area contributed by atoms with Crippen molar-refractivity contribution in [1.29, 1.82) is 0 Å². The van der Waals surface area contributed by atoms with E-state index in [-0.39, 0.29) is 11.1 Å². The third-order valence-corrected chi connectivity index (χ3v) is 1.06. The summed E-state index contributed by atoms with van der Waals surface area (Å²) in [4.78, 5) is 20.3. The van der Waals surface area contributed by atoms with E-state index in [2.05, 4.69) is 17.9 Å². The minimum absolute atomic E-state index is 0.176. The molecule has 5 nitrogen and oxygen atoms in total. The average molecular weight is 230 g/mol. The molecule has 0 aromatic carbocycles. The van der Waals surface area contributed by atoms with E-state index in [0.29, 0.717) is 0 Å². The number of rotatable bonds is 3. The molecule has 92 valence electrons. The van der Waals surface area contributed by atoms with Crippen molar-refractivity contribution in [2.75, 3.05) is 0 Å². The van der Waals surface area contributed by atoms with E-state index in [4.69, 9.17) is 10.2 Å². The summed E-state index contributed by atoms with van der Waals surface area (Å²) < 4.78 is 4.52. The molecule has 0 atom stereocenters. The van der Waals surface area contributed by atoms with E-state index >= 15 is 0 Å². The first-order valence-corrected chi connectivity index (χ1v) is 4.47. The predicted molar refractivity (Wildman–Crippen MR) is 59.7 cm³/mol. The molecule has 5 heteroatoms. The number of hydrogen-bond acceptors (Lipinski definition) is 4. The summed E-state index contributed by atoms with van der Waals surface area (Å²) in [5.74, 6) is -2.92. The van der Waals surface area contributed by atoms with Crippen molar-refractivity contribution < 1.29 is 24.5 Å². The van der Waals surface area contributed by atoms with Crippen LogP contribution in [0.1, 0.15) is 27.7 Å². The van der Waals surface area contributed by atoms with Crippen LogP contribution in [0, 0.1) is 0 Å². The minimum atomic E-state index is -1.41. The summed E-state index contributed by atoms with van der Waals surface area (Å²) in [6, 6.07) is 0. The maximum Gasteiger partial charge on any atom is 0.335 e. The van der Waals surface area contributed by atoms with Crippen LogP contribution in [0.15, 0.2) is 24.3 Å². The summed E-state index contributed by atoms with van der Waals surface area (Å²) in [5.41, 5.74) is 0.456. The molecule has 0 bridgehead atoms. The minimum Gasteiger partial charge on any atom is -0.478 e. The molecule has 0 saturated heterocycles. The Kier molecular flexibility index (Phi) is 7.13. The number of ether oxygens (including phenoxy) is 1. The number of carbonyl (C=O) groups excluding carboxylic acids is 1. The molecule has 0 spiro atoms. The van der Waals surface area contributed by atoms with E-state index in [1.54, 1.807) is 0 Å². The molecular formula is C11H18O5. The fourth-order valence-electron chi connectivity index (χ4n) is 0.314. The van der Waals surface area contributed by atoms with Gasteiger partial charge in [-0.25, -0.2) is 9.59 Å². The van der Waals surface area contributed by atoms with Crippen LogP contribution in [0.2, 0.25) is 0 Å². The summed E-state index contributed by atoms with van der Waals surface area (Å²) >= 11 is 0. The van der Waals surface area contributed by atoms with Gasteiger partial charge in [-0.1, -0.05) is 13.2 Å². The van der Waals surface area contributed by atoms with E-state index in [1.165, 1.54) is 27.7 Å². The van der Waals surface area contributed by atoms with Gasteiger partial charge in [0, 0.05) is 25.0 Å². The maximum absolute atomic E-state index is 10.7. The molecular weight excluding hydrogens is 212 g/mol. The Morgan fingerprint density at radius 2 is 1.44 bits per heavy atom. The smallest absolute Gasteiger partial charge is 0.335 e. The first-order chi connectivity index (χ1) is 6.97. The van der Waals surface area contributed by atoms with Crippen molar-refractivity contribution in [2.24, 2.45) is 0 Å². The second kappa shape index (κ2) is 6.79. The number of esters is 1. The van der Waals surface area contributed by atoms with Gasteiger partial charge in [0.2, 0.25) is 5.79 Å². The lowest BCUT2D eigenvalue weighted by Crippen LogP contribution is -2.27. The fourth-order valence-corrected chi connectivity index (χ4v) is 0.314. The van der Waals surface area contributed by atoms with E-state index in [1.807, 2.05) is 0 Å². The lowest BCUT2D eigenvalue weighted by Gasteiger charge is -2.17. The Labute approximate surface area is 95.0 Å². The van der Waals surface area contributed by atoms with Gasteiger partial charge in [-0.2, -0.15) is 0 Å². The molecule has 0 aliphatic rings. The highest BCUT2D eigenvalue weighted by Crippen LogP contribution is 2.06. The van der Waals surface area contributed by atoms with Crippen LogP contribution in [0.5, 0.6) is 0 Å². The van der Waals surface area contributed by atoms with Gasteiger partial charge in [0.25, 0.3) is 0 Å². The second-order valence-electron chi connectivity index (χ2n) is 3.70. The van der Waals surface area contributed by atoms with Crippen molar-refractivity contribution >= 4 is 11.9 Å². The van der Waals surface area contributed by atoms with Crippen LogP contribution in [-0.2, 0) is 14.3 Å². The van der Waals surface area contributed by atoms with Crippen LogP contribution >= 0.6 is 0 Å². The Balaban J connectivity index is 0. The number of hydrogen-bond donors (Lipinski definition) is 2. The summed E-state index contributed by atoms with van der Waals surface area (Å²) in [6.45, 7) is 12.2. The van der Waals surface area contributed by atoms with Gasteiger partial charge >= 0.3 is 11.9 Å². The van der Waals surface area contributed by atoms with Crippen LogP contribution in [0.25, 0.3) is 0 Å². The van der Waals surface area contributed by atoms with Gasteiger partial charge in [-0.05, 0) is 13.8 Å². The first kappa shape index (κ1) is 16.8. The summed E-state index contributed by atoms with van der Waals surface area (Å²) in [6.07, 6.45) is 0. The molecule has 0 amide bonds. The van der Waals surface area contributed by atoms with Gasteiger partial charge in [0.15, 0.2) is 0 Å². The third-order valence-electron chi connectivity index (χ3n) is 1.06. The lowest BCUT2D eigenvalue weighted by atomic mass is 10.3. The molecule has 0 radical (unpaired) electrons. The van der Waals surface area contributed by atoms with Crippen molar-refractivity contribution in [2.45, 2.75) is 33.5 Å². The zero-order chi connectivity index (χ0) is 13.5. The molecule has 0 fully saturated rings. The number of aliphatic carboxylic acids is 1. The lowest BCUT2D eigenvalue weighted by molar-refractivity contribution is -0.190. The van der Waals surface area contributed by atoms with Gasteiger partial charge in [0.05, 0.1) is 0 Å². The third kappa shape index (κ3) is 12.4. The first-order valence-electron chi connectivity index (χ1n) is 4.47. The normalized spacial score (nSPS) is 9.56. The largest absolute Gasteiger partial charge is 0.478 e. The van der Waals surface area contributed by atoms with Crippen LogP contribution in [-0.4, -0.2) is 27.9 Å². The van der Waals surface area contributed by atoms with Crippen LogP contribution in [0.3, 0.4) is 0 Å². The Morgan fingerprint density at radius 3 is 1.50 bits per heavy atom. The average Bonchev–Trinajstić information content (AvgIpc) is 2.01. The Bertz CT molecular complexity index is 284. The fraction of sp³-hybridized carbons (Fsp3) is 0.455. The summed E-state index contributed by atoms with van der Waals surface area (Å²) in [5, 5.41) is 16.8. The molecule has 0 aromatic rings. The number of carboxylic acid groups (broad SMARTS) is 1. The highest BCUT2D eigenvalue weighted by molar-refractivity contribution is 5.87. The molecule has 0 aliphatic carbocycles. The second-order valence-corrected chi connectivity index (χ2v) is 3.70. The molecule has 0 saturated carbocycles. The highest BCUT2D eigenvalue weighted by atomic mass is 16.7. The Hall–Kier alpha value is -1.62. The standard InChI is InChI=1S/C7H12O3.C4H6O2/c1-5(2)6(8)10-7(3,4)9;1-3(2)4(5)6/h9H,1H2,2-4H3;1H2,2H3,(H,5,6). The molecule has 0 aromatic heterocycles. The van der Waals surface area contributed by atoms with Crippen LogP contribution < -0.4 is 0 Å². The number of carboxylic acids is 1. The van der Waals surface area contributed by atoms with E-state index < -0.39 is 17.7 Å². The van der Waals surface area contributed by atoms with Crippen molar-refractivity contribution in [3.8, 4) is 0 Å². The zero-order valence-electron chi connectivity index (χ0n) is 10.0. The van der Waals surface area contributed by atoms with E-state index in [9.17, 15) is 9.59 Å². The zero-order valence-corrected chi connectivity index (χ0v) is 10.0. The van der Waals surface area contributed by atoms with Gasteiger partial charge in [-0.3, -0.25) is 0 Å². The highest BCUT2D eigenvalue weighted by Gasteiger charge is 2.18. The molecule has 0 rings (SSSR count). The van der Waals surface area contributed by atoms with Crippen molar-refractivity contribution in [1.82, 2.24) is 0 Å². The molecule has 2 N–H and O–H groups in total. The van der Waals surface area contributed by atoms with Crippen molar-refractivity contribution in [3.63, 3.8) is 0 Å². The molecule has 0 aliphatic heterocycles. The topological polar surface area (TPSA) is 83.8 Å². The maximum atomic E-state index is 10.7. The van der Waals surface area contributed by atoms with Gasteiger partial charge < -0.3 is 14.9 Å². The Morgan fingerprint density at radius 1 is 1.12 bits per heavy atom. The molecule has 0 unspecified atom stereocenters. The predicted octanol–water partition coefficient (Wildman–Crippen LogP) is 1.48. The van der Waals surface area contributed by atoms with Crippen LogP contribution in [0.4, 0.5) is 0 Å². The molecule has 16 heavy (non-hydrogen) atoms. The number of aliphatic hydroxyl groups is 1. The quantitative estimate of drug-likeness (QED) is 0.436. The van der Waals surface area contributed by atoms with Gasteiger partial charge in [0.1, 0.15) is 0 Å². The van der Waals surface area contributed by atoms with Crippen molar-refractivity contribution in [3.05, 3.63) is 24.3 Å². The van der Waals surface area contributed by atoms with Gasteiger partial charge in [-0.15, -0.1) is 0 Å². The van der Waals surface area contributed by atoms with E-state index in [0.717, 1.165) is 0 Å². The number of carbonyl (C=O) groups is 2. The molecule has 0 heterocycles.